The topological polar surface area (TPSA) is 187 Å². The summed E-state index contributed by atoms with van der Waals surface area (Å²) in [5, 5.41) is 30.9. The van der Waals surface area contributed by atoms with Crippen LogP contribution in [0.25, 0.3) is 0 Å². The predicted molar refractivity (Wildman–Crippen MR) is 222 cm³/mol. The molecule has 0 saturated carbocycles. The third kappa shape index (κ3) is 29.4. The molecule has 1 aliphatic rings. The van der Waals surface area contributed by atoms with Gasteiger partial charge in [0.05, 0.1) is 37.8 Å². The Morgan fingerprint density at radius 3 is 2.11 bits per heavy atom. The van der Waals surface area contributed by atoms with Crippen molar-refractivity contribution < 1.29 is 52.8 Å². The molecule has 0 aliphatic carbocycles. The fourth-order valence-electron chi connectivity index (χ4n) is 6.29. The summed E-state index contributed by atoms with van der Waals surface area (Å²) in [5.41, 5.74) is 5.36. The summed E-state index contributed by atoms with van der Waals surface area (Å²) in [7, 11) is -4.37. The molecular formula is C43H78NO11P. The van der Waals surface area contributed by atoms with Crippen LogP contribution in [0.5, 0.6) is 0 Å². The standard InChI is InChI=1S/C43H78NO11P/c1-3-5-7-8-9-10-11-12-13-14-15-16-17-18-21-25-32-51-35-38(36-53-56(49,50)52-33-31-44)54-42(47)28-24-20-19-23-27-39-40(46)34-43(48)55-41(39)30-29-37(45)26-22-6-4-2/h10-11,19,23,25,29-30,32,37-41,43,45-46,48H,3-9,12-18,20-22,24,26-28,31,33-36,44H2,1-2H3,(H,49,50)/b11-10-,23-19-,30-29+,32-25-/t37-,38+,39-,40-,41+,43?/m0/s1. The SMILES string of the molecule is CCCCCC/C=C\CCCCCCCC/C=C\OC[C@H](COP(=O)(O)OCCN)OC(=O)CCC/C=C\C[C@H]1[C@@H](O)CC(O)O[C@@H]1/C=C/[C@@H](O)CCCCC. The van der Waals surface area contributed by atoms with E-state index < -0.39 is 51.1 Å². The molecule has 1 fully saturated rings. The van der Waals surface area contributed by atoms with Crippen molar-refractivity contribution in [3.63, 3.8) is 0 Å². The zero-order chi connectivity index (χ0) is 41.1. The van der Waals surface area contributed by atoms with E-state index in [9.17, 15) is 29.6 Å². The number of phosphoric acid groups is 1. The summed E-state index contributed by atoms with van der Waals surface area (Å²) in [6.07, 6.45) is 32.6. The maximum absolute atomic E-state index is 12.7. The van der Waals surface area contributed by atoms with E-state index in [1.54, 1.807) is 18.4 Å². The molecule has 0 aromatic rings. The summed E-state index contributed by atoms with van der Waals surface area (Å²) in [6, 6.07) is 0. The minimum absolute atomic E-state index is 0.0463. The van der Waals surface area contributed by atoms with Crippen molar-refractivity contribution in [2.75, 3.05) is 26.4 Å². The number of aliphatic hydroxyl groups excluding tert-OH is 3. The van der Waals surface area contributed by atoms with Crippen LogP contribution < -0.4 is 5.73 Å². The summed E-state index contributed by atoms with van der Waals surface area (Å²) in [4.78, 5) is 22.6. The Hall–Kier alpha value is -1.86. The average molecular weight is 816 g/mol. The Morgan fingerprint density at radius 1 is 0.821 bits per heavy atom. The number of nitrogens with two attached hydrogens (primary N) is 1. The Kier molecular flexibility index (Phi) is 32.7. The number of hydrogen-bond acceptors (Lipinski definition) is 11. The zero-order valence-electron chi connectivity index (χ0n) is 34.6. The number of carbonyl (C=O) groups is 1. The molecule has 1 heterocycles. The number of phosphoric ester groups is 1. The highest BCUT2D eigenvalue weighted by Gasteiger charge is 2.35. The smallest absolute Gasteiger partial charge is 0.472 e. The van der Waals surface area contributed by atoms with Gasteiger partial charge in [0.1, 0.15) is 6.61 Å². The van der Waals surface area contributed by atoms with Gasteiger partial charge in [0.25, 0.3) is 0 Å². The van der Waals surface area contributed by atoms with Gasteiger partial charge < -0.3 is 40.2 Å². The number of unbranched alkanes of at least 4 members (excludes halogenated alkanes) is 14. The van der Waals surface area contributed by atoms with Crippen LogP contribution in [0.3, 0.4) is 0 Å². The number of esters is 1. The lowest BCUT2D eigenvalue weighted by Crippen LogP contribution is -2.43. The third-order valence-corrected chi connectivity index (χ3v) is 10.6. The first kappa shape index (κ1) is 52.2. The molecule has 0 amide bonds. The molecule has 2 unspecified atom stereocenters. The number of allylic oxidation sites excluding steroid dienone is 5. The highest BCUT2D eigenvalue weighted by molar-refractivity contribution is 7.47. The number of ether oxygens (including phenoxy) is 3. The van der Waals surface area contributed by atoms with Gasteiger partial charge in [-0.3, -0.25) is 13.8 Å². The van der Waals surface area contributed by atoms with Crippen LogP contribution in [-0.2, 0) is 32.6 Å². The van der Waals surface area contributed by atoms with Crippen LogP contribution in [0.1, 0.15) is 155 Å². The van der Waals surface area contributed by atoms with E-state index in [1.165, 1.54) is 64.2 Å². The lowest BCUT2D eigenvalue weighted by molar-refractivity contribution is -0.199. The van der Waals surface area contributed by atoms with Gasteiger partial charge in [0.15, 0.2) is 12.4 Å². The molecule has 1 aliphatic heterocycles. The molecule has 7 atom stereocenters. The second kappa shape index (κ2) is 35.1. The van der Waals surface area contributed by atoms with E-state index in [-0.39, 0.29) is 38.5 Å². The van der Waals surface area contributed by atoms with E-state index in [0.717, 1.165) is 38.5 Å². The average Bonchev–Trinajstić information content (AvgIpc) is 3.16. The molecule has 1 rings (SSSR count). The number of hydrogen-bond donors (Lipinski definition) is 5. The van der Waals surface area contributed by atoms with E-state index in [1.807, 2.05) is 18.2 Å². The molecule has 0 spiro atoms. The maximum Gasteiger partial charge on any atom is 0.472 e. The van der Waals surface area contributed by atoms with Crippen molar-refractivity contribution in [1.29, 1.82) is 0 Å². The van der Waals surface area contributed by atoms with E-state index >= 15 is 0 Å². The Labute approximate surface area is 338 Å². The molecule has 12 nitrogen and oxygen atoms in total. The van der Waals surface area contributed by atoms with E-state index in [2.05, 4.69) is 26.0 Å². The fourth-order valence-corrected chi connectivity index (χ4v) is 7.05. The summed E-state index contributed by atoms with van der Waals surface area (Å²) < 4.78 is 38.8. The van der Waals surface area contributed by atoms with Crippen molar-refractivity contribution >= 4 is 13.8 Å². The van der Waals surface area contributed by atoms with E-state index in [0.29, 0.717) is 25.7 Å². The molecular weight excluding hydrogens is 737 g/mol. The quantitative estimate of drug-likeness (QED) is 0.0133. The van der Waals surface area contributed by atoms with Crippen molar-refractivity contribution in [2.24, 2.45) is 11.7 Å². The summed E-state index contributed by atoms with van der Waals surface area (Å²) >= 11 is 0. The highest BCUT2D eigenvalue weighted by Crippen LogP contribution is 2.43. The van der Waals surface area contributed by atoms with Crippen LogP contribution in [0.4, 0.5) is 0 Å². The van der Waals surface area contributed by atoms with Crippen LogP contribution in [0, 0.1) is 5.92 Å². The van der Waals surface area contributed by atoms with Gasteiger partial charge in [-0.2, -0.15) is 0 Å². The fraction of sp³-hybridized carbons (Fsp3) is 0.791. The van der Waals surface area contributed by atoms with Crippen molar-refractivity contribution in [3.05, 3.63) is 48.8 Å². The van der Waals surface area contributed by atoms with Crippen molar-refractivity contribution in [2.45, 2.75) is 186 Å². The third-order valence-electron chi connectivity index (χ3n) is 9.58. The largest absolute Gasteiger partial charge is 0.498 e. The molecule has 0 aromatic carbocycles. The Balaban J connectivity index is 2.43. The Morgan fingerprint density at radius 2 is 1.43 bits per heavy atom. The van der Waals surface area contributed by atoms with Crippen LogP contribution in [-0.4, -0.2) is 83.3 Å². The van der Waals surface area contributed by atoms with Gasteiger partial charge in [-0.15, -0.1) is 0 Å². The van der Waals surface area contributed by atoms with Gasteiger partial charge in [-0.05, 0) is 70.3 Å². The van der Waals surface area contributed by atoms with Gasteiger partial charge in [-0.25, -0.2) is 4.57 Å². The maximum atomic E-state index is 12.7. The molecule has 13 heteroatoms. The van der Waals surface area contributed by atoms with E-state index in [4.69, 9.17) is 29.0 Å². The zero-order valence-corrected chi connectivity index (χ0v) is 35.5. The lowest BCUT2D eigenvalue weighted by atomic mass is 9.87. The second-order valence-electron chi connectivity index (χ2n) is 14.8. The summed E-state index contributed by atoms with van der Waals surface area (Å²) in [6.45, 7) is 3.79. The molecule has 326 valence electrons. The second-order valence-corrected chi connectivity index (χ2v) is 16.2. The first-order valence-corrected chi connectivity index (χ1v) is 23.1. The highest BCUT2D eigenvalue weighted by atomic mass is 31.2. The number of rotatable bonds is 36. The van der Waals surface area contributed by atoms with Crippen LogP contribution >= 0.6 is 7.82 Å². The normalized spacial score (nSPS) is 21.3. The number of aliphatic hydroxyl groups is 3. The Bertz CT molecular complexity index is 1120. The molecule has 0 radical (unpaired) electrons. The molecule has 0 bridgehead atoms. The summed E-state index contributed by atoms with van der Waals surface area (Å²) in [5.74, 6) is -0.788. The monoisotopic (exact) mass is 816 g/mol. The molecule has 6 N–H and O–H groups in total. The van der Waals surface area contributed by atoms with Crippen LogP contribution in [0.15, 0.2) is 48.8 Å². The van der Waals surface area contributed by atoms with Crippen molar-refractivity contribution in [3.8, 4) is 0 Å². The minimum Gasteiger partial charge on any atom is -0.498 e. The van der Waals surface area contributed by atoms with Gasteiger partial charge >= 0.3 is 13.8 Å². The van der Waals surface area contributed by atoms with Gasteiger partial charge in [-0.1, -0.05) is 115 Å². The first-order chi connectivity index (χ1) is 27.1. The van der Waals surface area contributed by atoms with Crippen molar-refractivity contribution in [1.82, 2.24) is 0 Å². The van der Waals surface area contributed by atoms with Gasteiger partial charge in [0.2, 0.25) is 0 Å². The predicted octanol–water partition coefficient (Wildman–Crippen LogP) is 8.87. The molecule has 56 heavy (non-hydrogen) atoms. The lowest BCUT2D eigenvalue weighted by Gasteiger charge is -2.36. The van der Waals surface area contributed by atoms with Gasteiger partial charge in [0, 0.05) is 25.3 Å². The molecule has 1 saturated heterocycles. The van der Waals surface area contributed by atoms with Crippen LogP contribution in [0.2, 0.25) is 0 Å². The molecule has 0 aromatic heterocycles. The minimum atomic E-state index is -4.37. The first-order valence-electron chi connectivity index (χ1n) is 21.6. The number of carbonyl (C=O) groups excluding carboxylic acids is 1.